The van der Waals surface area contributed by atoms with Crippen LogP contribution in [-0.4, -0.2) is 13.2 Å². The van der Waals surface area contributed by atoms with E-state index in [1.54, 1.807) is 0 Å². The highest BCUT2D eigenvalue weighted by molar-refractivity contribution is 7.80. The molecule has 0 heterocycles. The van der Waals surface area contributed by atoms with Gasteiger partial charge in [-0.25, -0.2) is 0 Å². The SMILES string of the molecule is CC.CCCCCCOC/C(OCc1ccccc1S)=C1/C=CC=CC1. The minimum atomic E-state index is 0.523. The lowest BCUT2D eigenvalue weighted by molar-refractivity contribution is 0.0876. The number of benzene rings is 1. The van der Waals surface area contributed by atoms with Crippen molar-refractivity contribution >= 4 is 12.6 Å². The van der Waals surface area contributed by atoms with Crippen LogP contribution >= 0.6 is 12.6 Å². The van der Waals surface area contributed by atoms with Gasteiger partial charge in [-0.15, -0.1) is 12.6 Å². The first-order valence-electron chi connectivity index (χ1n) is 9.84. The van der Waals surface area contributed by atoms with E-state index in [1.807, 2.05) is 38.1 Å². The molecule has 1 aromatic carbocycles. The summed E-state index contributed by atoms with van der Waals surface area (Å²) < 4.78 is 12.0. The lowest BCUT2D eigenvalue weighted by atomic mass is 10.1. The number of hydrogen-bond donors (Lipinski definition) is 1. The number of thiol groups is 1. The largest absolute Gasteiger partial charge is 0.490 e. The van der Waals surface area contributed by atoms with E-state index in [4.69, 9.17) is 9.47 Å². The first-order chi connectivity index (χ1) is 12.8. The average molecular weight is 375 g/mol. The molecule has 0 N–H and O–H groups in total. The summed E-state index contributed by atoms with van der Waals surface area (Å²) in [6.45, 7) is 8.08. The van der Waals surface area contributed by atoms with Gasteiger partial charge in [0, 0.05) is 17.1 Å². The van der Waals surface area contributed by atoms with Crippen molar-refractivity contribution in [3.8, 4) is 0 Å². The summed E-state index contributed by atoms with van der Waals surface area (Å²) in [5, 5.41) is 0. The molecule has 26 heavy (non-hydrogen) atoms. The maximum atomic E-state index is 6.10. The standard InChI is InChI=1S/C21H28O2S.C2H6/c1-2-3-4-10-15-22-17-20(18-11-6-5-7-12-18)23-16-19-13-8-9-14-21(19)24;1-2/h5-9,11,13-14,24H,2-4,10,12,15-17H2,1H3;1-2H3/b20-18+;. The number of allylic oxidation sites excluding steroid dienone is 5. The molecule has 1 aliphatic carbocycles. The molecule has 0 aromatic heterocycles. The molecule has 1 aromatic rings. The van der Waals surface area contributed by atoms with Crippen LogP contribution in [0.1, 0.15) is 58.4 Å². The Balaban J connectivity index is 0.00000163. The van der Waals surface area contributed by atoms with Crippen molar-refractivity contribution < 1.29 is 9.47 Å². The molecule has 144 valence electrons. The zero-order valence-corrected chi connectivity index (χ0v) is 17.4. The van der Waals surface area contributed by atoms with E-state index in [1.165, 1.54) is 24.8 Å². The Morgan fingerprint density at radius 1 is 1.08 bits per heavy atom. The lowest BCUT2D eigenvalue weighted by Gasteiger charge is -2.16. The third kappa shape index (κ3) is 8.77. The van der Waals surface area contributed by atoms with Crippen LogP contribution < -0.4 is 0 Å². The van der Waals surface area contributed by atoms with E-state index >= 15 is 0 Å². The van der Waals surface area contributed by atoms with E-state index in [0.717, 1.165) is 35.7 Å². The van der Waals surface area contributed by atoms with Gasteiger partial charge in [0.1, 0.15) is 19.0 Å². The zero-order valence-electron chi connectivity index (χ0n) is 16.5. The third-order valence-corrected chi connectivity index (χ3v) is 4.45. The molecule has 2 nitrogen and oxygen atoms in total. The molecule has 0 spiro atoms. The summed E-state index contributed by atoms with van der Waals surface area (Å²) in [6, 6.07) is 8.03. The first-order valence-corrected chi connectivity index (χ1v) is 10.3. The zero-order chi connectivity index (χ0) is 19.0. The van der Waals surface area contributed by atoms with Gasteiger partial charge in [-0.3, -0.25) is 0 Å². The fraction of sp³-hybridized carbons (Fsp3) is 0.478. The van der Waals surface area contributed by atoms with Crippen LogP contribution in [0.15, 0.2) is 64.8 Å². The highest BCUT2D eigenvalue weighted by atomic mass is 32.1. The summed E-state index contributed by atoms with van der Waals surface area (Å²) in [6.07, 6.45) is 14.2. The van der Waals surface area contributed by atoms with E-state index in [2.05, 4.69) is 43.9 Å². The fourth-order valence-electron chi connectivity index (χ4n) is 2.54. The molecule has 3 heteroatoms. The van der Waals surface area contributed by atoms with Crippen LogP contribution in [0, 0.1) is 0 Å². The smallest absolute Gasteiger partial charge is 0.126 e. The lowest BCUT2D eigenvalue weighted by Crippen LogP contribution is -2.07. The predicted octanol–water partition coefficient (Wildman–Crippen LogP) is 6.89. The van der Waals surface area contributed by atoms with Gasteiger partial charge in [-0.2, -0.15) is 0 Å². The van der Waals surface area contributed by atoms with E-state index < -0.39 is 0 Å². The van der Waals surface area contributed by atoms with Crippen molar-refractivity contribution in [2.45, 2.75) is 64.4 Å². The number of rotatable bonds is 10. The van der Waals surface area contributed by atoms with Crippen LogP contribution in [0.3, 0.4) is 0 Å². The molecule has 0 fully saturated rings. The van der Waals surface area contributed by atoms with Crippen LogP contribution in [0.4, 0.5) is 0 Å². The van der Waals surface area contributed by atoms with Crippen LogP contribution in [0.2, 0.25) is 0 Å². The summed E-state index contributed by atoms with van der Waals surface area (Å²) in [5.74, 6) is 0.933. The maximum Gasteiger partial charge on any atom is 0.126 e. The maximum absolute atomic E-state index is 6.10. The Bertz CT molecular complexity index is 588. The van der Waals surface area contributed by atoms with Crippen molar-refractivity contribution in [2.24, 2.45) is 0 Å². The Labute approximate surface area is 165 Å². The molecule has 2 rings (SSSR count). The van der Waals surface area contributed by atoms with Crippen LogP contribution in [0.5, 0.6) is 0 Å². The summed E-state index contributed by atoms with van der Waals surface area (Å²) >= 11 is 4.49. The van der Waals surface area contributed by atoms with Gasteiger partial charge in [-0.05, 0) is 24.5 Å². The Morgan fingerprint density at radius 3 is 2.58 bits per heavy atom. The van der Waals surface area contributed by atoms with E-state index in [0.29, 0.717) is 13.2 Å². The first kappa shape index (κ1) is 22.6. The van der Waals surface area contributed by atoms with Gasteiger partial charge in [-0.1, -0.05) is 82.5 Å². The van der Waals surface area contributed by atoms with Crippen LogP contribution in [0.25, 0.3) is 0 Å². The molecule has 0 amide bonds. The van der Waals surface area contributed by atoms with E-state index in [9.17, 15) is 0 Å². The molecule has 0 unspecified atom stereocenters. The van der Waals surface area contributed by atoms with Crippen molar-refractivity contribution in [2.75, 3.05) is 13.2 Å². The van der Waals surface area contributed by atoms with Gasteiger partial charge in [0.25, 0.3) is 0 Å². The highest BCUT2D eigenvalue weighted by Crippen LogP contribution is 2.21. The summed E-state index contributed by atoms with van der Waals surface area (Å²) in [4.78, 5) is 0.960. The Hall–Kier alpha value is -1.45. The Morgan fingerprint density at radius 2 is 1.88 bits per heavy atom. The van der Waals surface area contributed by atoms with Gasteiger partial charge >= 0.3 is 0 Å². The molecule has 0 saturated heterocycles. The number of unbranched alkanes of at least 4 members (excludes halogenated alkanes) is 3. The summed E-state index contributed by atoms with van der Waals surface area (Å²) in [5.41, 5.74) is 2.29. The molecular weight excluding hydrogens is 340 g/mol. The normalized spacial score (nSPS) is 14.6. The molecule has 0 radical (unpaired) electrons. The summed E-state index contributed by atoms with van der Waals surface area (Å²) in [7, 11) is 0. The van der Waals surface area contributed by atoms with Gasteiger partial charge < -0.3 is 9.47 Å². The third-order valence-electron chi connectivity index (χ3n) is 4.01. The average Bonchev–Trinajstić information content (AvgIpc) is 2.70. The molecule has 0 bridgehead atoms. The minimum absolute atomic E-state index is 0.523. The Kier molecular flexibility index (Phi) is 12.8. The van der Waals surface area contributed by atoms with Crippen molar-refractivity contribution in [1.29, 1.82) is 0 Å². The second-order valence-electron chi connectivity index (χ2n) is 5.97. The highest BCUT2D eigenvalue weighted by Gasteiger charge is 2.09. The van der Waals surface area contributed by atoms with Crippen LogP contribution in [-0.2, 0) is 16.1 Å². The minimum Gasteiger partial charge on any atom is -0.490 e. The monoisotopic (exact) mass is 374 g/mol. The van der Waals surface area contributed by atoms with Gasteiger partial charge in [0.2, 0.25) is 0 Å². The molecule has 1 aliphatic rings. The molecule has 0 atom stereocenters. The predicted molar refractivity (Wildman–Crippen MR) is 115 cm³/mol. The van der Waals surface area contributed by atoms with E-state index in [-0.39, 0.29) is 0 Å². The molecule has 0 saturated carbocycles. The van der Waals surface area contributed by atoms with Crippen molar-refractivity contribution in [1.82, 2.24) is 0 Å². The van der Waals surface area contributed by atoms with Crippen molar-refractivity contribution in [3.63, 3.8) is 0 Å². The topological polar surface area (TPSA) is 18.5 Å². The van der Waals surface area contributed by atoms with Gasteiger partial charge in [0.05, 0.1) is 0 Å². The number of ether oxygens (including phenoxy) is 2. The second-order valence-corrected chi connectivity index (χ2v) is 6.45. The second kappa shape index (κ2) is 14.7. The quantitative estimate of drug-likeness (QED) is 0.273. The number of hydrogen-bond acceptors (Lipinski definition) is 3. The van der Waals surface area contributed by atoms with Crippen molar-refractivity contribution in [3.05, 3.63) is 65.5 Å². The fourth-order valence-corrected chi connectivity index (χ4v) is 2.77. The molecule has 0 aliphatic heterocycles. The molecular formula is C23H34O2S. The van der Waals surface area contributed by atoms with Gasteiger partial charge in [0.15, 0.2) is 0 Å².